The molecule has 0 spiro atoms. The number of amides is 3. The third-order valence-electron chi connectivity index (χ3n) is 2.69. The summed E-state index contributed by atoms with van der Waals surface area (Å²) in [7, 11) is 0. The van der Waals surface area contributed by atoms with Crippen LogP contribution in [-0.2, 0) is 20.7 Å². The first kappa shape index (κ1) is 13.5. The van der Waals surface area contributed by atoms with E-state index in [1.807, 2.05) is 17.5 Å². The van der Waals surface area contributed by atoms with Gasteiger partial charge in [0.05, 0.1) is 6.61 Å². The Bertz CT molecular complexity index is 472. The standard InChI is InChI=1S/C12H14N2O4S/c15-10(18-6-5-8-2-1-7-19-8)4-3-9-11(16)14-12(17)13-9/h1-2,7,9H,3-6H2,(H2,13,14,16,17)/t9-/m1/s1. The van der Waals surface area contributed by atoms with E-state index in [-0.39, 0.29) is 18.8 Å². The summed E-state index contributed by atoms with van der Waals surface area (Å²) in [5.41, 5.74) is 0. The van der Waals surface area contributed by atoms with Crippen LogP contribution in [0, 0.1) is 0 Å². The molecule has 1 aromatic rings. The summed E-state index contributed by atoms with van der Waals surface area (Å²) in [6.45, 7) is 0.336. The Balaban J connectivity index is 1.62. The molecule has 1 atom stereocenters. The summed E-state index contributed by atoms with van der Waals surface area (Å²) in [6.07, 6.45) is 1.07. The van der Waals surface area contributed by atoms with Crippen molar-refractivity contribution in [1.29, 1.82) is 0 Å². The number of carbonyl (C=O) groups excluding carboxylic acids is 3. The molecule has 7 heteroatoms. The number of imide groups is 1. The molecule has 0 unspecified atom stereocenters. The van der Waals surface area contributed by atoms with Gasteiger partial charge in [0.1, 0.15) is 6.04 Å². The van der Waals surface area contributed by atoms with Crippen molar-refractivity contribution in [2.45, 2.75) is 25.3 Å². The zero-order valence-corrected chi connectivity index (χ0v) is 11.0. The molecule has 1 aliphatic rings. The van der Waals surface area contributed by atoms with E-state index in [4.69, 9.17) is 4.74 Å². The summed E-state index contributed by atoms with van der Waals surface area (Å²) < 4.78 is 5.06. The highest BCUT2D eigenvalue weighted by atomic mass is 32.1. The van der Waals surface area contributed by atoms with Gasteiger partial charge < -0.3 is 10.1 Å². The van der Waals surface area contributed by atoms with E-state index in [1.54, 1.807) is 11.3 Å². The number of urea groups is 1. The lowest BCUT2D eigenvalue weighted by Gasteiger charge is -2.07. The van der Waals surface area contributed by atoms with Crippen molar-refractivity contribution in [3.05, 3.63) is 22.4 Å². The number of nitrogens with one attached hydrogen (secondary N) is 2. The molecule has 3 amide bonds. The average molecular weight is 282 g/mol. The topological polar surface area (TPSA) is 84.5 Å². The number of ether oxygens (including phenoxy) is 1. The Labute approximate surface area is 114 Å². The first-order chi connectivity index (χ1) is 9.15. The number of rotatable bonds is 6. The summed E-state index contributed by atoms with van der Waals surface area (Å²) >= 11 is 1.62. The first-order valence-corrected chi connectivity index (χ1v) is 6.82. The van der Waals surface area contributed by atoms with Crippen molar-refractivity contribution in [2.24, 2.45) is 0 Å². The molecule has 0 aromatic carbocycles. The fourth-order valence-corrected chi connectivity index (χ4v) is 2.41. The van der Waals surface area contributed by atoms with Crippen LogP contribution < -0.4 is 10.6 Å². The second-order valence-corrected chi connectivity index (χ2v) is 5.14. The van der Waals surface area contributed by atoms with Gasteiger partial charge in [0.15, 0.2) is 0 Å². The van der Waals surface area contributed by atoms with Crippen LogP contribution in [0.4, 0.5) is 4.79 Å². The Morgan fingerprint density at radius 3 is 2.89 bits per heavy atom. The quantitative estimate of drug-likeness (QED) is 0.597. The van der Waals surface area contributed by atoms with Crippen LogP contribution in [0.1, 0.15) is 17.7 Å². The van der Waals surface area contributed by atoms with Crippen LogP contribution in [0.15, 0.2) is 17.5 Å². The molecule has 2 N–H and O–H groups in total. The molecule has 0 saturated carbocycles. The summed E-state index contributed by atoms with van der Waals surface area (Å²) in [4.78, 5) is 34.7. The number of carbonyl (C=O) groups is 3. The second-order valence-electron chi connectivity index (χ2n) is 4.10. The fraction of sp³-hybridized carbons (Fsp3) is 0.417. The molecular formula is C12H14N2O4S. The monoisotopic (exact) mass is 282 g/mol. The maximum absolute atomic E-state index is 11.5. The lowest BCUT2D eigenvalue weighted by atomic mass is 10.1. The minimum absolute atomic E-state index is 0.114. The Morgan fingerprint density at radius 1 is 1.42 bits per heavy atom. The van der Waals surface area contributed by atoms with Crippen LogP contribution in [0.3, 0.4) is 0 Å². The van der Waals surface area contributed by atoms with E-state index in [2.05, 4.69) is 10.6 Å². The van der Waals surface area contributed by atoms with E-state index in [9.17, 15) is 14.4 Å². The van der Waals surface area contributed by atoms with Crippen molar-refractivity contribution >= 4 is 29.2 Å². The highest BCUT2D eigenvalue weighted by Crippen LogP contribution is 2.09. The predicted molar refractivity (Wildman–Crippen MR) is 68.7 cm³/mol. The molecule has 19 heavy (non-hydrogen) atoms. The summed E-state index contributed by atoms with van der Waals surface area (Å²) in [6, 6.07) is 2.79. The lowest BCUT2D eigenvalue weighted by molar-refractivity contribution is -0.143. The third-order valence-corrected chi connectivity index (χ3v) is 3.62. The van der Waals surface area contributed by atoms with E-state index in [1.165, 1.54) is 0 Å². The molecule has 1 aromatic heterocycles. The number of hydrogen-bond acceptors (Lipinski definition) is 5. The highest BCUT2D eigenvalue weighted by Gasteiger charge is 2.29. The molecule has 102 valence electrons. The van der Waals surface area contributed by atoms with Crippen molar-refractivity contribution in [3.63, 3.8) is 0 Å². The summed E-state index contributed by atoms with van der Waals surface area (Å²) in [5, 5.41) is 6.52. The van der Waals surface area contributed by atoms with Gasteiger partial charge in [0, 0.05) is 17.7 Å². The van der Waals surface area contributed by atoms with Gasteiger partial charge in [-0.1, -0.05) is 6.07 Å². The predicted octanol–water partition coefficient (Wildman–Crippen LogP) is 0.822. The van der Waals surface area contributed by atoms with Crippen molar-refractivity contribution in [3.8, 4) is 0 Å². The molecule has 1 fully saturated rings. The van der Waals surface area contributed by atoms with Gasteiger partial charge in [-0.05, 0) is 17.9 Å². The van der Waals surface area contributed by atoms with Crippen molar-refractivity contribution < 1.29 is 19.1 Å². The van der Waals surface area contributed by atoms with E-state index in [0.717, 1.165) is 4.88 Å². The Morgan fingerprint density at radius 2 is 2.26 bits per heavy atom. The summed E-state index contributed by atoms with van der Waals surface area (Å²) in [5.74, 6) is -0.748. The zero-order chi connectivity index (χ0) is 13.7. The SMILES string of the molecule is O=C1NC(=O)[C@@H](CCC(=O)OCCc2cccs2)N1. The van der Waals surface area contributed by atoms with Gasteiger partial charge in [0.25, 0.3) is 5.91 Å². The molecule has 0 aliphatic carbocycles. The molecule has 0 radical (unpaired) electrons. The maximum Gasteiger partial charge on any atom is 0.322 e. The number of esters is 1. The zero-order valence-electron chi connectivity index (χ0n) is 10.2. The average Bonchev–Trinajstić information content (AvgIpc) is 2.97. The first-order valence-electron chi connectivity index (χ1n) is 5.94. The number of hydrogen-bond donors (Lipinski definition) is 2. The minimum atomic E-state index is -0.627. The second kappa shape index (κ2) is 6.33. The van der Waals surface area contributed by atoms with Crippen LogP contribution in [0.25, 0.3) is 0 Å². The van der Waals surface area contributed by atoms with Crippen LogP contribution >= 0.6 is 11.3 Å². The van der Waals surface area contributed by atoms with Crippen molar-refractivity contribution in [2.75, 3.05) is 6.61 Å². The van der Waals surface area contributed by atoms with E-state index >= 15 is 0 Å². The van der Waals surface area contributed by atoms with Crippen LogP contribution in [0.2, 0.25) is 0 Å². The molecule has 1 saturated heterocycles. The van der Waals surface area contributed by atoms with Crippen LogP contribution in [-0.4, -0.2) is 30.6 Å². The fourth-order valence-electron chi connectivity index (χ4n) is 1.72. The smallest absolute Gasteiger partial charge is 0.322 e. The molecule has 2 rings (SSSR count). The van der Waals surface area contributed by atoms with Gasteiger partial charge in [-0.2, -0.15) is 0 Å². The third kappa shape index (κ3) is 4.06. The van der Waals surface area contributed by atoms with Gasteiger partial charge in [-0.15, -0.1) is 11.3 Å². The highest BCUT2D eigenvalue weighted by molar-refractivity contribution is 7.09. The van der Waals surface area contributed by atoms with Crippen molar-refractivity contribution in [1.82, 2.24) is 10.6 Å². The van der Waals surface area contributed by atoms with Gasteiger partial charge in [0.2, 0.25) is 0 Å². The molecule has 2 heterocycles. The lowest BCUT2D eigenvalue weighted by Crippen LogP contribution is -2.29. The van der Waals surface area contributed by atoms with Gasteiger partial charge >= 0.3 is 12.0 Å². The molecule has 1 aliphatic heterocycles. The van der Waals surface area contributed by atoms with E-state index < -0.39 is 18.0 Å². The largest absolute Gasteiger partial charge is 0.465 e. The molecule has 6 nitrogen and oxygen atoms in total. The van der Waals surface area contributed by atoms with Crippen LogP contribution in [0.5, 0.6) is 0 Å². The Hall–Kier alpha value is -1.89. The normalized spacial score (nSPS) is 18.0. The minimum Gasteiger partial charge on any atom is -0.465 e. The van der Waals surface area contributed by atoms with Gasteiger partial charge in [-0.3, -0.25) is 14.9 Å². The maximum atomic E-state index is 11.5. The Kier molecular flexibility index (Phi) is 4.51. The van der Waals surface area contributed by atoms with Gasteiger partial charge in [-0.25, -0.2) is 4.79 Å². The number of thiophene rings is 1. The molecule has 0 bridgehead atoms. The van der Waals surface area contributed by atoms with E-state index in [0.29, 0.717) is 13.0 Å². The molecular weight excluding hydrogens is 268 g/mol.